The quantitative estimate of drug-likeness (QED) is 0.769. The van der Waals surface area contributed by atoms with Crippen molar-refractivity contribution in [2.45, 2.75) is 13.3 Å². The number of rotatable bonds is 3. The lowest BCUT2D eigenvalue weighted by molar-refractivity contribution is -0.114. The topological polar surface area (TPSA) is 70.7 Å². The molecule has 2 aromatic heterocycles. The number of anilines is 1. The lowest BCUT2D eigenvalue weighted by Gasteiger charge is -2.07. The van der Waals surface area contributed by atoms with E-state index in [0.29, 0.717) is 5.65 Å². The third-order valence-corrected chi connectivity index (χ3v) is 4.03. The molecule has 1 amide bonds. The van der Waals surface area contributed by atoms with Gasteiger partial charge in [0.05, 0.1) is 11.1 Å². The first-order valence-corrected chi connectivity index (χ1v) is 7.80. The van der Waals surface area contributed by atoms with Gasteiger partial charge in [0.1, 0.15) is 0 Å². The SMILES string of the molecule is CC(=O)Nc1ccc(-c2ccnc3n[nH]c(C4=CCC=C4)c23)cc1. The van der Waals surface area contributed by atoms with E-state index >= 15 is 0 Å². The summed E-state index contributed by atoms with van der Waals surface area (Å²) >= 11 is 0. The zero-order chi connectivity index (χ0) is 16.5. The van der Waals surface area contributed by atoms with Crippen molar-refractivity contribution < 1.29 is 4.79 Å². The second kappa shape index (κ2) is 5.77. The second-order valence-corrected chi connectivity index (χ2v) is 5.71. The molecule has 1 aliphatic rings. The molecule has 0 atom stereocenters. The van der Waals surface area contributed by atoms with Gasteiger partial charge >= 0.3 is 0 Å². The first kappa shape index (κ1) is 14.4. The van der Waals surface area contributed by atoms with Crippen molar-refractivity contribution in [1.82, 2.24) is 15.2 Å². The number of benzene rings is 1. The highest BCUT2D eigenvalue weighted by atomic mass is 16.1. The number of carbonyl (C=O) groups excluding carboxylic acids is 1. The molecule has 1 aliphatic carbocycles. The van der Waals surface area contributed by atoms with E-state index in [0.717, 1.165) is 39.9 Å². The number of carbonyl (C=O) groups is 1. The molecule has 0 bridgehead atoms. The van der Waals surface area contributed by atoms with Gasteiger partial charge in [0.2, 0.25) is 5.91 Å². The van der Waals surface area contributed by atoms with Crippen LogP contribution in [0.25, 0.3) is 27.7 Å². The van der Waals surface area contributed by atoms with Crippen LogP contribution in [0.2, 0.25) is 0 Å². The third kappa shape index (κ3) is 2.50. The van der Waals surface area contributed by atoms with Crippen LogP contribution in [0.3, 0.4) is 0 Å². The number of amides is 1. The normalized spacial score (nSPS) is 13.3. The molecule has 0 radical (unpaired) electrons. The van der Waals surface area contributed by atoms with Gasteiger partial charge in [-0.1, -0.05) is 30.4 Å². The van der Waals surface area contributed by atoms with Crippen molar-refractivity contribution in [3.63, 3.8) is 0 Å². The van der Waals surface area contributed by atoms with E-state index in [1.165, 1.54) is 6.92 Å². The molecule has 3 aromatic rings. The van der Waals surface area contributed by atoms with Crippen molar-refractivity contribution >= 4 is 28.2 Å². The highest BCUT2D eigenvalue weighted by Gasteiger charge is 2.15. The number of pyridine rings is 1. The fourth-order valence-electron chi connectivity index (χ4n) is 2.98. The molecule has 0 spiro atoms. The maximum atomic E-state index is 11.2. The van der Waals surface area contributed by atoms with Crippen molar-refractivity contribution in [3.05, 3.63) is 60.5 Å². The summed E-state index contributed by atoms with van der Waals surface area (Å²) in [6.45, 7) is 1.50. The number of allylic oxidation sites excluding steroid dienone is 4. The molecule has 118 valence electrons. The van der Waals surface area contributed by atoms with Gasteiger partial charge in [0.15, 0.2) is 5.65 Å². The van der Waals surface area contributed by atoms with Gasteiger partial charge in [0.25, 0.3) is 0 Å². The van der Waals surface area contributed by atoms with E-state index in [-0.39, 0.29) is 5.91 Å². The van der Waals surface area contributed by atoms with Crippen LogP contribution in [-0.2, 0) is 4.79 Å². The molecule has 0 saturated heterocycles. The lowest BCUT2D eigenvalue weighted by Crippen LogP contribution is -2.05. The Morgan fingerprint density at radius 2 is 2.04 bits per heavy atom. The number of H-pyrrole nitrogens is 1. The van der Waals surface area contributed by atoms with Crippen LogP contribution < -0.4 is 5.32 Å². The minimum absolute atomic E-state index is 0.0777. The average molecular weight is 316 g/mol. The molecular weight excluding hydrogens is 300 g/mol. The molecule has 0 aliphatic heterocycles. The first-order valence-electron chi connectivity index (χ1n) is 7.80. The molecule has 0 unspecified atom stereocenters. The summed E-state index contributed by atoms with van der Waals surface area (Å²) in [7, 11) is 0. The van der Waals surface area contributed by atoms with Gasteiger partial charge in [-0.05, 0) is 41.3 Å². The standard InChI is InChI=1S/C19H16N4O/c1-12(24)21-15-8-6-13(7-9-15)16-10-11-20-19-17(16)18(22-23-19)14-4-2-3-5-14/h2,4-11H,3H2,1H3,(H,21,24)(H,20,22,23). The van der Waals surface area contributed by atoms with E-state index in [1.54, 1.807) is 6.20 Å². The number of fused-ring (bicyclic) bond motifs is 1. The maximum absolute atomic E-state index is 11.2. The fraction of sp³-hybridized carbons (Fsp3) is 0.105. The van der Waals surface area contributed by atoms with E-state index in [2.05, 4.69) is 38.7 Å². The molecule has 2 heterocycles. The number of aromatic amines is 1. The van der Waals surface area contributed by atoms with Crippen molar-refractivity contribution in [3.8, 4) is 11.1 Å². The Kier molecular flexibility index (Phi) is 3.46. The summed E-state index contributed by atoms with van der Waals surface area (Å²) in [6, 6.07) is 9.79. The van der Waals surface area contributed by atoms with Crippen molar-refractivity contribution in [1.29, 1.82) is 0 Å². The Hall–Kier alpha value is -3.21. The second-order valence-electron chi connectivity index (χ2n) is 5.71. The van der Waals surface area contributed by atoms with E-state index < -0.39 is 0 Å². The van der Waals surface area contributed by atoms with Crippen LogP contribution in [0.5, 0.6) is 0 Å². The third-order valence-electron chi connectivity index (χ3n) is 4.03. The summed E-state index contributed by atoms with van der Waals surface area (Å²) in [4.78, 5) is 15.5. The van der Waals surface area contributed by atoms with Crippen LogP contribution >= 0.6 is 0 Å². The summed E-state index contributed by atoms with van der Waals surface area (Å²) in [5.74, 6) is -0.0777. The number of hydrogen-bond acceptors (Lipinski definition) is 3. The number of aromatic nitrogens is 3. The van der Waals surface area contributed by atoms with Gasteiger partial charge in [0, 0.05) is 18.8 Å². The molecule has 5 nitrogen and oxygen atoms in total. The minimum Gasteiger partial charge on any atom is -0.326 e. The van der Waals surface area contributed by atoms with Gasteiger partial charge in [-0.2, -0.15) is 5.10 Å². The van der Waals surface area contributed by atoms with Gasteiger partial charge in [-0.25, -0.2) is 4.98 Å². The highest BCUT2D eigenvalue weighted by molar-refractivity contribution is 6.01. The van der Waals surface area contributed by atoms with Crippen LogP contribution in [0.15, 0.2) is 54.8 Å². The summed E-state index contributed by atoms with van der Waals surface area (Å²) in [5.41, 5.74) is 5.75. The Labute approximate surface area is 139 Å². The van der Waals surface area contributed by atoms with Gasteiger partial charge in [-0.15, -0.1) is 0 Å². The lowest BCUT2D eigenvalue weighted by atomic mass is 10.00. The Bertz CT molecular complexity index is 980. The first-order chi connectivity index (χ1) is 11.7. The molecule has 0 saturated carbocycles. The zero-order valence-corrected chi connectivity index (χ0v) is 13.2. The van der Waals surface area contributed by atoms with Crippen molar-refractivity contribution in [2.24, 2.45) is 0 Å². The molecule has 4 rings (SSSR count). The molecule has 0 fully saturated rings. The Morgan fingerprint density at radius 1 is 1.21 bits per heavy atom. The Morgan fingerprint density at radius 3 is 2.75 bits per heavy atom. The monoisotopic (exact) mass is 316 g/mol. The zero-order valence-electron chi connectivity index (χ0n) is 13.2. The van der Waals surface area contributed by atoms with Crippen LogP contribution in [0, 0.1) is 0 Å². The molecule has 2 N–H and O–H groups in total. The van der Waals surface area contributed by atoms with Crippen LogP contribution in [-0.4, -0.2) is 21.1 Å². The summed E-state index contributed by atoms with van der Waals surface area (Å²) < 4.78 is 0. The van der Waals surface area contributed by atoms with E-state index in [1.807, 2.05) is 30.3 Å². The summed E-state index contributed by atoms with van der Waals surface area (Å²) in [5, 5.41) is 11.3. The highest BCUT2D eigenvalue weighted by Crippen LogP contribution is 2.34. The van der Waals surface area contributed by atoms with E-state index in [9.17, 15) is 4.79 Å². The molecular formula is C19H16N4O. The van der Waals surface area contributed by atoms with Gasteiger partial charge < -0.3 is 5.32 Å². The predicted octanol–water partition coefficient (Wildman–Crippen LogP) is 3.93. The minimum atomic E-state index is -0.0777. The average Bonchev–Trinajstić information content (AvgIpc) is 3.24. The molecule has 1 aromatic carbocycles. The number of hydrogen-bond donors (Lipinski definition) is 2. The van der Waals surface area contributed by atoms with Gasteiger partial charge in [-0.3, -0.25) is 9.89 Å². The predicted molar refractivity (Wildman–Crippen MR) is 95.4 cm³/mol. The Balaban J connectivity index is 1.83. The van der Waals surface area contributed by atoms with Crippen LogP contribution in [0.4, 0.5) is 5.69 Å². The van der Waals surface area contributed by atoms with Crippen LogP contribution in [0.1, 0.15) is 19.0 Å². The van der Waals surface area contributed by atoms with Crippen molar-refractivity contribution in [2.75, 3.05) is 5.32 Å². The number of nitrogens with one attached hydrogen (secondary N) is 2. The maximum Gasteiger partial charge on any atom is 0.221 e. The molecule has 5 heteroatoms. The number of nitrogens with zero attached hydrogens (tertiary/aromatic N) is 2. The molecule has 24 heavy (non-hydrogen) atoms. The summed E-state index contributed by atoms with van der Waals surface area (Å²) in [6.07, 6.45) is 9.10. The fourth-order valence-corrected chi connectivity index (χ4v) is 2.98. The smallest absolute Gasteiger partial charge is 0.221 e. The van der Waals surface area contributed by atoms with E-state index in [4.69, 9.17) is 0 Å². The largest absolute Gasteiger partial charge is 0.326 e.